The highest BCUT2D eigenvalue weighted by atomic mass is 16.7. The smallest absolute Gasteiger partial charge is 0.333 e. The minimum absolute atomic E-state index is 0.172. The fourth-order valence-corrected chi connectivity index (χ4v) is 3.61. The molecule has 1 aliphatic rings. The summed E-state index contributed by atoms with van der Waals surface area (Å²) in [4.78, 5) is 28.4. The zero-order chi connectivity index (χ0) is 21.9. The van der Waals surface area contributed by atoms with Crippen molar-refractivity contribution in [2.75, 3.05) is 0 Å². The molecule has 0 atom stereocenters. The van der Waals surface area contributed by atoms with Crippen LogP contribution in [0, 0.1) is 11.8 Å². The molecule has 0 spiro atoms. The van der Waals surface area contributed by atoms with Gasteiger partial charge in [-0.2, -0.15) is 0 Å². The van der Waals surface area contributed by atoms with Gasteiger partial charge in [-0.1, -0.05) is 84.1 Å². The highest BCUT2D eigenvalue weighted by Crippen LogP contribution is 2.21. The summed E-state index contributed by atoms with van der Waals surface area (Å²) in [6, 6.07) is 0. The molecule has 1 aliphatic heterocycles. The fraction of sp³-hybridized carbons (Fsp3) is 0.769. The Morgan fingerprint density at radius 2 is 1.33 bits per heavy atom. The van der Waals surface area contributed by atoms with Crippen LogP contribution in [0.2, 0.25) is 0 Å². The fourth-order valence-electron chi connectivity index (χ4n) is 3.61. The third-order valence-corrected chi connectivity index (χ3v) is 5.55. The van der Waals surface area contributed by atoms with Gasteiger partial charge in [0.1, 0.15) is 0 Å². The zero-order valence-electron chi connectivity index (χ0n) is 19.3. The van der Waals surface area contributed by atoms with Gasteiger partial charge in [0.15, 0.2) is 0 Å². The topological polar surface area (TPSA) is 46.6 Å². The van der Waals surface area contributed by atoms with Crippen LogP contribution in [0.5, 0.6) is 0 Å². The van der Waals surface area contributed by atoms with Gasteiger partial charge in [0, 0.05) is 25.7 Å². The second-order valence-electron chi connectivity index (χ2n) is 8.42. The van der Waals surface area contributed by atoms with Crippen LogP contribution in [-0.4, -0.2) is 16.9 Å². The molecule has 0 saturated carbocycles. The molecule has 1 rings (SSSR count). The van der Waals surface area contributed by atoms with E-state index in [2.05, 4.69) is 25.3 Å². The lowest BCUT2D eigenvalue weighted by Crippen LogP contribution is -2.26. The molecule has 0 N–H and O–H groups in total. The summed E-state index contributed by atoms with van der Waals surface area (Å²) in [5.74, 6) is 6.13. The molecule has 1 saturated heterocycles. The van der Waals surface area contributed by atoms with E-state index in [1.807, 2.05) is 0 Å². The van der Waals surface area contributed by atoms with E-state index in [0.717, 1.165) is 37.2 Å². The lowest BCUT2D eigenvalue weighted by Gasteiger charge is -2.15. The van der Waals surface area contributed by atoms with E-state index in [1.165, 1.54) is 70.6 Å². The maximum Gasteiger partial charge on any atom is 0.333 e. The van der Waals surface area contributed by atoms with Gasteiger partial charge in [0.05, 0.1) is 5.70 Å². The van der Waals surface area contributed by atoms with Crippen molar-refractivity contribution in [2.24, 2.45) is 0 Å². The predicted molar refractivity (Wildman–Crippen MR) is 123 cm³/mol. The minimum atomic E-state index is -0.335. The Hall–Kier alpha value is -1.76. The van der Waals surface area contributed by atoms with Gasteiger partial charge < -0.3 is 4.84 Å². The first-order valence-corrected chi connectivity index (χ1v) is 12.3. The number of hydrogen-bond donors (Lipinski definition) is 0. The van der Waals surface area contributed by atoms with Crippen molar-refractivity contribution in [3.8, 4) is 11.8 Å². The van der Waals surface area contributed by atoms with Crippen molar-refractivity contribution in [3.05, 3.63) is 12.3 Å². The summed E-state index contributed by atoms with van der Waals surface area (Å²) >= 11 is 0. The van der Waals surface area contributed by atoms with E-state index in [9.17, 15) is 9.59 Å². The number of nitrogens with zero attached hydrogens (tertiary/aromatic N) is 1. The highest BCUT2D eigenvalue weighted by Gasteiger charge is 2.27. The van der Waals surface area contributed by atoms with Crippen LogP contribution in [0.3, 0.4) is 0 Å². The number of hydroxylamine groups is 2. The van der Waals surface area contributed by atoms with Crippen LogP contribution in [-0.2, 0) is 14.4 Å². The average molecular weight is 418 g/mol. The summed E-state index contributed by atoms with van der Waals surface area (Å²) in [7, 11) is 0. The van der Waals surface area contributed by atoms with Crippen molar-refractivity contribution in [1.29, 1.82) is 0 Å². The third kappa shape index (κ3) is 13.5. The number of carbonyl (C=O) groups is 2. The first kappa shape index (κ1) is 26.3. The lowest BCUT2D eigenvalue weighted by molar-refractivity contribution is -0.186. The molecule has 4 nitrogen and oxygen atoms in total. The number of hydrogen-bond acceptors (Lipinski definition) is 3. The first-order valence-electron chi connectivity index (χ1n) is 12.3. The van der Waals surface area contributed by atoms with Gasteiger partial charge >= 0.3 is 5.97 Å². The summed E-state index contributed by atoms with van der Waals surface area (Å²) in [6.07, 6.45) is 20.8. The molecule has 0 aromatic rings. The molecule has 1 fully saturated rings. The Labute approximate surface area is 184 Å². The van der Waals surface area contributed by atoms with Crippen LogP contribution in [0.15, 0.2) is 12.3 Å². The summed E-state index contributed by atoms with van der Waals surface area (Å²) < 4.78 is 0. The molecule has 0 unspecified atom stereocenters. The molecule has 1 heterocycles. The average Bonchev–Trinajstić information content (AvgIpc) is 3.05. The largest absolute Gasteiger partial charge is 0.334 e. The molecule has 170 valence electrons. The molecule has 4 heteroatoms. The third-order valence-electron chi connectivity index (χ3n) is 5.55. The van der Waals surface area contributed by atoms with Gasteiger partial charge in [-0.15, -0.1) is 16.9 Å². The van der Waals surface area contributed by atoms with Gasteiger partial charge in [-0.25, -0.2) is 4.79 Å². The van der Waals surface area contributed by atoms with Crippen LogP contribution < -0.4 is 0 Å². The molecule has 0 aliphatic carbocycles. The van der Waals surface area contributed by atoms with Crippen molar-refractivity contribution in [3.63, 3.8) is 0 Å². The molecule has 0 aromatic heterocycles. The van der Waals surface area contributed by atoms with Gasteiger partial charge in [-0.3, -0.25) is 4.79 Å². The Balaban J connectivity index is 1.82. The van der Waals surface area contributed by atoms with E-state index >= 15 is 0 Å². The van der Waals surface area contributed by atoms with Crippen molar-refractivity contribution < 1.29 is 14.4 Å². The highest BCUT2D eigenvalue weighted by molar-refractivity contribution is 5.82. The minimum Gasteiger partial charge on any atom is -0.334 e. The molecule has 0 aromatic carbocycles. The number of unbranched alkanes of at least 4 members (excludes halogenated alkanes) is 14. The van der Waals surface area contributed by atoms with E-state index < -0.39 is 0 Å². The predicted octanol–water partition coefficient (Wildman–Crippen LogP) is 7.24. The molecule has 30 heavy (non-hydrogen) atoms. The Bertz CT molecular complexity index is 542. The molecule has 1 amide bonds. The lowest BCUT2D eigenvalue weighted by atomic mass is 10.1. The maximum absolute atomic E-state index is 11.8. The monoisotopic (exact) mass is 417 g/mol. The van der Waals surface area contributed by atoms with Crippen LogP contribution in [0.1, 0.15) is 129 Å². The maximum atomic E-state index is 11.8. The number of allylic oxidation sites excluding steroid dienone is 1. The van der Waals surface area contributed by atoms with Crippen molar-refractivity contribution >= 4 is 11.9 Å². The molecular formula is C26H43NO3. The van der Waals surface area contributed by atoms with Crippen molar-refractivity contribution in [1.82, 2.24) is 5.06 Å². The van der Waals surface area contributed by atoms with Crippen molar-refractivity contribution in [2.45, 2.75) is 129 Å². The van der Waals surface area contributed by atoms with E-state index in [-0.39, 0.29) is 11.9 Å². The number of carbonyl (C=O) groups excluding carboxylic acids is 2. The SMILES string of the molecule is C=C1CCC(=O)N1OC(=O)CCCCCCCCC#CCCCCCCCCCC. The Morgan fingerprint density at radius 1 is 0.833 bits per heavy atom. The normalized spacial score (nSPS) is 13.4. The quantitative estimate of drug-likeness (QED) is 0.185. The Morgan fingerprint density at radius 3 is 1.83 bits per heavy atom. The van der Waals surface area contributed by atoms with Crippen LogP contribution >= 0.6 is 0 Å². The van der Waals surface area contributed by atoms with Gasteiger partial charge in [0.2, 0.25) is 0 Å². The summed E-state index contributed by atoms with van der Waals surface area (Å²) in [6.45, 7) is 6.01. The zero-order valence-corrected chi connectivity index (χ0v) is 19.3. The van der Waals surface area contributed by atoms with E-state index in [1.54, 1.807) is 0 Å². The Kier molecular flexibility index (Phi) is 15.8. The number of amides is 1. The van der Waals surface area contributed by atoms with Gasteiger partial charge in [-0.05, 0) is 25.7 Å². The summed E-state index contributed by atoms with van der Waals surface area (Å²) in [5.41, 5.74) is 0.578. The second kappa shape index (κ2) is 18.0. The standard InChI is InChI=1S/C26H43NO3/c1-3-4-5-6-7-8-9-10-11-12-13-14-15-16-17-18-19-20-21-26(29)30-27-24(2)22-23-25(27)28/h2-11,14-23H2,1H3. The van der Waals surface area contributed by atoms with E-state index in [4.69, 9.17) is 4.84 Å². The molecular weight excluding hydrogens is 374 g/mol. The first-order chi connectivity index (χ1) is 14.6. The second-order valence-corrected chi connectivity index (χ2v) is 8.42. The summed E-state index contributed by atoms with van der Waals surface area (Å²) in [5, 5.41) is 1.07. The number of rotatable bonds is 17. The van der Waals surface area contributed by atoms with Gasteiger partial charge in [0.25, 0.3) is 5.91 Å². The molecule has 0 bridgehead atoms. The molecule has 0 radical (unpaired) electrons. The van der Waals surface area contributed by atoms with Crippen LogP contribution in [0.25, 0.3) is 0 Å². The van der Waals surface area contributed by atoms with Crippen LogP contribution in [0.4, 0.5) is 0 Å². The van der Waals surface area contributed by atoms with E-state index in [0.29, 0.717) is 25.0 Å².